The Balaban J connectivity index is 2.86. The van der Waals surface area contributed by atoms with Crippen LogP contribution in [0, 0.1) is 16.0 Å². The molecular weight excluding hydrogens is 304 g/mol. The van der Waals surface area contributed by atoms with Crippen LogP contribution in [0.1, 0.15) is 26.3 Å². The topological polar surface area (TPSA) is 133 Å². The minimum Gasteiger partial charge on any atom is -0.481 e. The summed E-state index contributed by atoms with van der Waals surface area (Å²) in [5.74, 6) is -3.78. The smallest absolute Gasteiger partial charge is 0.322 e. The lowest BCUT2D eigenvalue weighted by atomic mass is 9.94. The van der Waals surface area contributed by atoms with Crippen molar-refractivity contribution in [2.24, 2.45) is 11.7 Å². The predicted octanol–water partition coefficient (Wildman–Crippen LogP) is 1.51. The van der Waals surface area contributed by atoms with Gasteiger partial charge < -0.3 is 15.6 Å². The summed E-state index contributed by atoms with van der Waals surface area (Å²) in [6, 6.07) is 4.54. The zero-order valence-corrected chi connectivity index (χ0v) is 13.2. The van der Waals surface area contributed by atoms with E-state index < -0.39 is 34.4 Å². The van der Waals surface area contributed by atoms with Crippen molar-refractivity contribution in [1.29, 1.82) is 0 Å². The molecule has 0 bridgehead atoms. The lowest BCUT2D eigenvalue weighted by Gasteiger charge is -2.25. The first-order valence-electron chi connectivity index (χ1n) is 6.96. The van der Waals surface area contributed by atoms with Crippen molar-refractivity contribution >= 4 is 17.6 Å². The molecule has 8 heteroatoms. The van der Waals surface area contributed by atoms with E-state index in [0.717, 1.165) is 0 Å². The maximum absolute atomic E-state index is 12.0. The molecule has 0 saturated carbocycles. The monoisotopic (exact) mass is 324 g/mol. The standard InChI is InChI=1S/C15H20N2O6/c1-15(2,3)23-14(20)12(13(18)19)11(16)8-9-4-6-10(7-5-9)17(21)22/h4-7,11-12H,8,16H2,1-3H3,(H,18,19)/t11-,12-/m0/s1. The largest absolute Gasteiger partial charge is 0.481 e. The zero-order valence-electron chi connectivity index (χ0n) is 13.2. The number of nitrogens with zero attached hydrogens (tertiary/aromatic N) is 1. The number of hydrogen-bond donors (Lipinski definition) is 2. The van der Waals surface area contributed by atoms with E-state index in [1.165, 1.54) is 24.3 Å². The van der Waals surface area contributed by atoms with E-state index in [4.69, 9.17) is 10.5 Å². The third-order valence-corrected chi connectivity index (χ3v) is 2.97. The lowest BCUT2D eigenvalue weighted by molar-refractivity contribution is -0.384. The Kier molecular flexibility index (Phi) is 5.80. The van der Waals surface area contributed by atoms with Gasteiger partial charge in [0.2, 0.25) is 0 Å². The van der Waals surface area contributed by atoms with E-state index in [1.54, 1.807) is 20.8 Å². The van der Waals surface area contributed by atoms with Crippen molar-refractivity contribution in [1.82, 2.24) is 0 Å². The van der Waals surface area contributed by atoms with Gasteiger partial charge in [-0.2, -0.15) is 0 Å². The van der Waals surface area contributed by atoms with Gasteiger partial charge in [-0.3, -0.25) is 19.7 Å². The number of non-ortho nitro benzene ring substituents is 1. The van der Waals surface area contributed by atoms with Crippen molar-refractivity contribution in [2.45, 2.75) is 38.8 Å². The highest BCUT2D eigenvalue weighted by molar-refractivity contribution is 5.95. The average Bonchev–Trinajstić information content (AvgIpc) is 2.36. The minimum atomic E-state index is -1.51. The van der Waals surface area contributed by atoms with Crippen LogP contribution in [0.5, 0.6) is 0 Å². The number of nitrogens with two attached hydrogens (primary N) is 1. The Labute approximate surface area is 133 Å². The van der Waals surface area contributed by atoms with Gasteiger partial charge in [-0.1, -0.05) is 12.1 Å². The van der Waals surface area contributed by atoms with Crippen molar-refractivity contribution in [3.8, 4) is 0 Å². The molecule has 1 aromatic rings. The Morgan fingerprint density at radius 3 is 2.22 bits per heavy atom. The predicted molar refractivity (Wildman–Crippen MR) is 81.7 cm³/mol. The van der Waals surface area contributed by atoms with Crippen LogP contribution in [-0.2, 0) is 20.7 Å². The van der Waals surface area contributed by atoms with Crippen LogP contribution in [0.3, 0.4) is 0 Å². The van der Waals surface area contributed by atoms with E-state index >= 15 is 0 Å². The molecule has 0 aliphatic rings. The summed E-state index contributed by atoms with van der Waals surface area (Å²) in [5, 5.41) is 19.8. The van der Waals surface area contributed by atoms with E-state index in [1.807, 2.05) is 0 Å². The zero-order chi connectivity index (χ0) is 17.8. The van der Waals surface area contributed by atoms with E-state index in [-0.39, 0.29) is 12.1 Å². The molecule has 0 aliphatic heterocycles. The molecule has 8 nitrogen and oxygen atoms in total. The fourth-order valence-electron chi connectivity index (χ4n) is 1.97. The summed E-state index contributed by atoms with van der Waals surface area (Å²) in [6.07, 6.45) is 0.0776. The molecule has 0 amide bonds. The summed E-state index contributed by atoms with van der Waals surface area (Å²) in [7, 11) is 0. The molecule has 0 spiro atoms. The van der Waals surface area contributed by atoms with Crippen LogP contribution in [-0.4, -0.2) is 33.6 Å². The third kappa shape index (κ3) is 5.67. The van der Waals surface area contributed by atoms with Crippen LogP contribution >= 0.6 is 0 Å². The summed E-state index contributed by atoms with van der Waals surface area (Å²) in [4.78, 5) is 33.4. The molecular formula is C15H20N2O6. The normalized spacial score (nSPS) is 13.9. The van der Waals surface area contributed by atoms with Gasteiger partial charge in [0, 0.05) is 18.2 Å². The maximum Gasteiger partial charge on any atom is 0.322 e. The minimum absolute atomic E-state index is 0.0776. The molecule has 0 radical (unpaired) electrons. The van der Waals surface area contributed by atoms with Gasteiger partial charge in [-0.15, -0.1) is 0 Å². The number of carbonyl (C=O) groups excluding carboxylic acids is 1. The van der Waals surface area contributed by atoms with Crippen LogP contribution in [0.15, 0.2) is 24.3 Å². The molecule has 2 atom stereocenters. The quantitative estimate of drug-likeness (QED) is 0.350. The van der Waals surface area contributed by atoms with E-state index in [2.05, 4.69) is 0 Å². The number of nitro benzene ring substituents is 1. The highest BCUT2D eigenvalue weighted by atomic mass is 16.6. The lowest BCUT2D eigenvalue weighted by Crippen LogP contribution is -2.45. The maximum atomic E-state index is 12.0. The van der Waals surface area contributed by atoms with Gasteiger partial charge in [-0.25, -0.2) is 0 Å². The summed E-state index contributed by atoms with van der Waals surface area (Å²) in [6.45, 7) is 4.89. The summed E-state index contributed by atoms with van der Waals surface area (Å²) < 4.78 is 5.08. The second-order valence-corrected chi connectivity index (χ2v) is 6.14. The van der Waals surface area contributed by atoms with Gasteiger partial charge in [0.05, 0.1) is 4.92 Å². The van der Waals surface area contributed by atoms with Crippen LogP contribution in [0.25, 0.3) is 0 Å². The summed E-state index contributed by atoms with van der Waals surface area (Å²) in [5.41, 5.74) is 5.55. The number of esters is 1. The second-order valence-electron chi connectivity index (χ2n) is 6.14. The molecule has 23 heavy (non-hydrogen) atoms. The third-order valence-electron chi connectivity index (χ3n) is 2.97. The number of benzene rings is 1. The molecule has 3 N–H and O–H groups in total. The van der Waals surface area contributed by atoms with E-state index in [0.29, 0.717) is 5.56 Å². The number of aliphatic carboxylic acids is 1. The molecule has 1 aromatic carbocycles. The highest BCUT2D eigenvalue weighted by Gasteiger charge is 2.36. The number of rotatable bonds is 6. The highest BCUT2D eigenvalue weighted by Crippen LogP contribution is 2.18. The fourth-order valence-corrected chi connectivity index (χ4v) is 1.97. The first-order valence-corrected chi connectivity index (χ1v) is 6.96. The number of ether oxygens (including phenoxy) is 1. The van der Waals surface area contributed by atoms with Crippen molar-refractivity contribution in [3.05, 3.63) is 39.9 Å². The number of carboxylic acid groups (broad SMARTS) is 1. The SMILES string of the molecule is CC(C)(C)OC(=O)[C@H](C(=O)O)[C@@H](N)Cc1ccc([N+](=O)[O-])cc1. The average molecular weight is 324 g/mol. The van der Waals surface area contributed by atoms with Gasteiger partial charge >= 0.3 is 11.9 Å². The molecule has 0 unspecified atom stereocenters. The van der Waals surface area contributed by atoms with Crippen molar-refractivity contribution in [2.75, 3.05) is 0 Å². The number of carboxylic acids is 1. The van der Waals surface area contributed by atoms with Crippen molar-refractivity contribution < 1.29 is 24.4 Å². The molecule has 0 saturated heterocycles. The molecule has 0 aliphatic carbocycles. The molecule has 0 heterocycles. The summed E-state index contributed by atoms with van der Waals surface area (Å²) >= 11 is 0. The van der Waals surface area contributed by atoms with Gasteiger partial charge in [0.25, 0.3) is 5.69 Å². The first-order chi connectivity index (χ1) is 10.5. The molecule has 1 rings (SSSR count). The fraction of sp³-hybridized carbons (Fsp3) is 0.467. The Morgan fingerprint density at radius 2 is 1.83 bits per heavy atom. The Morgan fingerprint density at radius 1 is 1.30 bits per heavy atom. The van der Waals surface area contributed by atoms with Crippen molar-refractivity contribution in [3.63, 3.8) is 0 Å². The van der Waals surface area contributed by atoms with E-state index in [9.17, 15) is 24.8 Å². The molecule has 0 aromatic heterocycles. The number of hydrogen-bond acceptors (Lipinski definition) is 6. The Bertz CT molecular complexity index is 591. The van der Waals surface area contributed by atoms with Crippen LogP contribution in [0.2, 0.25) is 0 Å². The molecule has 0 fully saturated rings. The molecule has 126 valence electrons. The number of carbonyl (C=O) groups is 2. The second kappa shape index (κ2) is 7.19. The first kappa shape index (κ1) is 18.6. The van der Waals surface area contributed by atoms with Gasteiger partial charge in [-0.05, 0) is 32.8 Å². The van der Waals surface area contributed by atoms with Gasteiger partial charge in [0.1, 0.15) is 5.60 Å². The van der Waals surface area contributed by atoms with Crippen LogP contribution < -0.4 is 5.73 Å². The van der Waals surface area contributed by atoms with Gasteiger partial charge in [0.15, 0.2) is 5.92 Å². The Hall–Kier alpha value is -2.48. The van der Waals surface area contributed by atoms with Crippen LogP contribution in [0.4, 0.5) is 5.69 Å². The number of nitro groups is 1.